The zero-order chi connectivity index (χ0) is 24.6. The summed E-state index contributed by atoms with van der Waals surface area (Å²) in [6, 6.07) is 22.4. The number of amides is 3. The van der Waals surface area contributed by atoms with Gasteiger partial charge in [-0.3, -0.25) is 4.79 Å². The molecule has 182 valence electrons. The van der Waals surface area contributed by atoms with E-state index in [0.29, 0.717) is 44.0 Å². The van der Waals surface area contributed by atoms with Crippen molar-refractivity contribution in [2.45, 2.75) is 32.0 Å². The molecule has 1 unspecified atom stereocenters. The van der Waals surface area contributed by atoms with Gasteiger partial charge in [-0.2, -0.15) is 0 Å². The fourth-order valence-corrected chi connectivity index (χ4v) is 4.26. The number of methoxy groups -OCH3 is 2. The topological polar surface area (TPSA) is 79.9 Å². The summed E-state index contributed by atoms with van der Waals surface area (Å²) in [5.74, 6) is 1.10. The van der Waals surface area contributed by atoms with Crippen LogP contribution in [0.5, 0.6) is 11.5 Å². The maximum absolute atomic E-state index is 13.2. The first-order valence-corrected chi connectivity index (χ1v) is 11.7. The van der Waals surface area contributed by atoms with Gasteiger partial charge in [-0.05, 0) is 40.8 Å². The van der Waals surface area contributed by atoms with Crippen molar-refractivity contribution in [2.24, 2.45) is 0 Å². The van der Waals surface area contributed by atoms with E-state index in [1.54, 1.807) is 19.1 Å². The molecule has 35 heavy (non-hydrogen) atoms. The number of rotatable bonds is 8. The summed E-state index contributed by atoms with van der Waals surface area (Å²) in [5.41, 5.74) is 4.13. The van der Waals surface area contributed by atoms with E-state index in [0.717, 1.165) is 22.3 Å². The molecule has 4 rings (SSSR count). The quantitative estimate of drug-likeness (QED) is 0.523. The van der Waals surface area contributed by atoms with Gasteiger partial charge in [-0.1, -0.05) is 60.7 Å². The Morgan fingerprint density at radius 1 is 0.886 bits per heavy atom. The number of nitrogens with zero attached hydrogens (tertiary/aromatic N) is 1. The van der Waals surface area contributed by atoms with Gasteiger partial charge >= 0.3 is 6.03 Å². The average molecular weight is 474 g/mol. The van der Waals surface area contributed by atoms with E-state index in [9.17, 15) is 9.59 Å². The van der Waals surface area contributed by atoms with Gasteiger partial charge in [-0.25, -0.2) is 4.79 Å². The van der Waals surface area contributed by atoms with E-state index in [2.05, 4.69) is 10.6 Å². The molecule has 0 saturated heterocycles. The van der Waals surface area contributed by atoms with Gasteiger partial charge in [0.15, 0.2) is 11.5 Å². The molecule has 0 aromatic heterocycles. The largest absolute Gasteiger partial charge is 0.493 e. The second kappa shape index (κ2) is 11.4. The van der Waals surface area contributed by atoms with E-state index < -0.39 is 6.04 Å². The van der Waals surface area contributed by atoms with Crippen LogP contribution < -0.4 is 20.1 Å². The molecule has 0 radical (unpaired) electrons. The predicted molar refractivity (Wildman–Crippen MR) is 134 cm³/mol. The first-order valence-electron chi connectivity index (χ1n) is 11.7. The van der Waals surface area contributed by atoms with Crippen LogP contribution in [0.4, 0.5) is 4.79 Å². The lowest BCUT2D eigenvalue weighted by molar-refractivity contribution is -0.123. The Morgan fingerprint density at radius 2 is 1.49 bits per heavy atom. The van der Waals surface area contributed by atoms with Gasteiger partial charge < -0.3 is 25.0 Å². The zero-order valence-corrected chi connectivity index (χ0v) is 20.1. The van der Waals surface area contributed by atoms with Crippen LogP contribution in [0.25, 0.3) is 0 Å². The number of carbonyl (C=O) groups is 2. The molecule has 1 heterocycles. The fourth-order valence-electron chi connectivity index (χ4n) is 4.26. The van der Waals surface area contributed by atoms with Gasteiger partial charge in [0.05, 0.1) is 14.2 Å². The van der Waals surface area contributed by atoms with Crippen LogP contribution in [0.3, 0.4) is 0 Å². The molecule has 1 aliphatic rings. The van der Waals surface area contributed by atoms with E-state index >= 15 is 0 Å². The molecule has 3 aromatic rings. The Kier molecular flexibility index (Phi) is 7.88. The summed E-state index contributed by atoms with van der Waals surface area (Å²) in [6.07, 6.45) is 1.11. The highest BCUT2D eigenvalue weighted by Gasteiger charge is 2.27. The number of hydrogen-bond acceptors (Lipinski definition) is 4. The second-order valence-electron chi connectivity index (χ2n) is 8.54. The summed E-state index contributed by atoms with van der Waals surface area (Å²) in [4.78, 5) is 28.1. The molecular weight excluding hydrogens is 442 g/mol. The van der Waals surface area contributed by atoms with Crippen molar-refractivity contribution in [3.8, 4) is 11.5 Å². The lowest BCUT2D eigenvalue weighted by Crippen LogP contribution is -2.52. The molecule has 1 atom stereocenters. The summed E-state index contributed by atoms with van der Waals surface area (Å²) >= 11 is 0. The smallest absolute Gasteiger partial charge is 0.318 e. The van der Waals surface area contributed by atoms with Crippen LogP contribution in [0, 0.1) is 0 Å². The van der Waals surface area contributed by atoms with Crippen LogP contribution >= 0.6 is 0 Å². The van der Waals surface area contributed by atoms with Gasteiger partial charge in [0.1, 0.15) is 6.04 Å². The maximum Gasteiger partial charge on any atom is 0.318 e. The van der Waals surface area contributed by atoms with Gasteiger partial charge in [0.2, 0.25) is 5.91 Å². The molecule has 3 aromatic carbocycles. The Labute approximate surface area is 206 Å². The second-order valence-corrected chi connectivity index (χ2v) is 8.54. The fraction of sp³-hybridized carbons (Fsp3) is 0.286. The van der Waals surface area contributed by atoms with E-state index in [-0.39, 0.29) is 11.9 Å². The van der Waals surface area contributed by atoms with Crippen LogP contribution in [-0.2, 0) is 30.7 Å². The number of ether oxygens (including phenoxy) is 2. The Hall–Kier alpha value is -4.00. The molecule has 0 fully saturated rings. The lowest BCUT2D eigenvalue weighted by atomic mass is 9.99. The first kappa shape index (κ1) is 24.1. The minimum Gasteiger partial charge on any atom is -0.493 e. The molecule has 0 bridgehead atoms. The summed E-state index contributed by atoms with van der Waals surface area (Å²) in [6.45, 7) is 1.39. The zero-order valence-electron chi connectivity index (χ0n) is 20.1. The highest BCUT2D eigenvalue weighted by atomic mass is 16.5. The van der Waals surface area contributed by atoms with Crippen molar-refractivity contribution in [1.82, 2.24) is 15.5 Å². The highest BCUT2D eigenvalue weighted by molar-refractivity contribution is 5.87. The third-order valence-corrected chi connectivity index (χ3v) is 6.21. The molecule has 0 saturated carbocycles. The SMILES string of the molecule is COc1cc2c(cc1OC)CN(C(=O)NC(Cc1ccccc1)C(=O)NCc1ccccc1)CC2. The number of nitrogens with one attached hydrogen (secondary N) is 2. The van der Waals surface area contributed by atoms with E-state index in [1.807, 2.05) is 72.8 Å². The van der Waals surface area contributed by atoms with Crippen LogP contribution in [-0.4, -0.2) is 43.6 Å². The molecule has 2 N–H and O–H groups in total. The maximum atomic E-state index is 13.2. The average Bonchev–Trinajstić information content (AvgIpc) is 2.91. The first-order chi connectivity index (χ1) is 17.1. The molecule has 0 spiro atoms. The normalized spacial score (nSPS) is 13.4. The molecule has 7 heteroatoms. The van der Waals surface area contributed by atoms with Crippen LogP contribution in [0.1, 0.15) is 22.3 Å². The van der Waals surface area contributed by atoms with Crippen LogP contribution in [0.2, 0.25) is 0 Å². The monoisotopic (exact) mass is 473 g/mol. The molecule has 0 aliphatic carbocycles. The molecular formula is C28H31N3O4. The molecule has 3 amide bonds. The third kappa shape index (κ3) is 6.12. The van der Waals surface area contributed by atoms with Gasteiger partial charge in [0.25, 0.3) is 0 Å². The number of urea groups is 1. The number of benzene rings is 3. The highest BCUT2D eigenvalue weighted by Crippen LogP contribution is 2.33. The number of hydrogen-bond donors (Lipinski definition) is 2. The van der Waals surface area contributed by atoms with Crippen molar-refractivity contribution >= 4 is 11.9 Å². The van der Waals surface area contributed by atoms with E-state index in [4.69, 9.17) is 9.47 Å². The minimum absolute atomic E-state index is 0.213. The van der Waals surface area contributed by atoms with Crippen LogP contribution in [0.15, 0.2) is 72.8 Å². The number of fused-ring (bicyclic) bond motifs is 1. The Bertz CT molecular complexity index is 1150. The third-order valence-electron chi connectivity index (χ3n) is 6.21. The number of carbonyl (C=O) groups excluding carboxylic acids is 2. The van der Waals surface area contributed by atoms with Crippen molar-refractivity contribution < 1.29 is 19.1 Å². The molecule has 1 aliphatic heterocycles. The molecule has 7 nitrogen and oxygen atoms in total. The van der Waals surface area contributed by atoms with E-state index in [1.165, 1.54) is 0 Å². The Balaban J connectivity index is 1.46. The predicted octanol–water partition coefficient (Wildman–Crippen LogP) is 3.70. The van der Waals surface area contributed by atoms with Crippen molar-refractivity contribution in [3.63, 3.8) is 0 Å². The Morgan fingerprint density at radius 3 is 2.11 bits per heavy atom. The van der Waals surface area contributed by atoms with Gasteiger partial charge in [0, 0.05) is 26.1 Å². The standard InChI is InChI=1S/C28H31N3O4/c1-34-25-16-22-13-14-31(19-23(22)17-26(25)35-2)28(33)30-24(15-20-9-5-3-6-10-20)27(32)29-18-21-11-7-4-8-12-21/h3-12,16-17,24H,13-15,18-19H2,1-2H3,(H,29,32)(H,30,33). The van der Waals surface area contributed by atoms with Crippen molar-refractivity contribution in [3.05, 3.63) is 95.1 Å². The lowest BCUT2D eigenvalue weighted by Gasteiger charge is -2.31. The minimum atomic E-state index is -0.694. The summed E-state index contributed by atoms with van der Waals surface area (Å²) < 4.78 is 10.8. The van der Waals surface area contributed by atoms with Gasteiger partial charge in [-0.15, -0.1) is 0 Å². The van der Waals surface area contributed by atoms with Crippen molar-refractivity contribution in [2.75, 3.05) is 20.8 Å². The summed E-state index contributed by atoms with van der Waals surface area (Å²) in [7, 11) is 3.21. The summed E-state index contributed by atoms with van der Waals surface area (Å²) in [5, 5.41) is 5.94. The van der Waals surface area contributed by atoms with Crippen molar-refractivity contribution in [1.29, 1.82) is 0 Å².